The lowest BCUT2D eigenvalue weighted by molar-refractivity contribution is -0.117. The van der Waals surface area contributed by atoms with E-state index in [1.807, 2.05) is 18.2 Å². The highest BCUT2D eigenvalue weighted by Crippen LogP contribution is 2.30. The molecule has 17 heavy (non-hydrogen) atoms. The molecule has 0 radical (unpaired) electrons. The van der Waals surface area contributed by atoms with Gasteiger partial charge in [-0.05, 0) is 25.1 Å². The van der Waals surface area contributed by atoms with Crippen molar-refractivity contribution >= 4 is 5.91 Å². The molecule has 1 amide bonds. The molecule has 0 aromatic heterocycles. The van der Waals surface area contributed by atoms with Crippen LogP contribution < -0.4 is 5.32 Å². The Morgan fingerprint density at radius 1 is 1.47 bits per heavy atom. The summed E-state index contributed by atoms with van der Waals surface area (Å²) in [4.78, 5) is 13.7. The van der Waals surface area contributed by atoms with Crippen molar-refractivity contribution in [2.24, 2.45) is 0 Å². The largest absolute Gasteiger partial charge is 0.348 e. The van der Waals surface area contributed by atoms with Crippen molar-refractivity contribution in [3.05, 3.63) is 48.6 Å². The average molecular weight is 230 g/mol. The van der Waals surface area contributed by atoms with Gasteiger partial charge in [0.1, 0.15) is 0 Å². The molecule has 1 aromatic carbocycles. The van der Waals surface area contributed by atoms with E-state index in [0.29, 0.717) is 0 Å². The van der Waals surface area contributed by atoms with E-state index >= 15 is 0 Å². The third kappa shape index (κ3) is 2.56. The lowest BCUT2D eigenvalue weighted by Crippen LogP contribution is -2.38. The Balaban J connectivity index is 2.17. The van der Waals surface area contributed by atoms with Gasteiger partial charge in [-0.3, -0.25) is 9.69 Å². The maximum absolute atomic E-state index is 11.4. The van der Waals surface area contributed by atoms with Gasteiger partial charge in [0.2, 0.25) is 5.91 Å². The molecule has 1 aliphatic rings. The summed E-state index contributed by atoms with van der Waals surface area (Å²) in [6.45, 7) is 4.50. The number of likely N-dealkylation sites (tertiary alicyclic amines) is 1. The van der Waals surface area contributed by atoms with Gasteiger partial charge >= 0.3 is 0 Å². The number of carbonyl (C=O) groups is 1. The first-order valence-corrected chi connectivity index (χ1v) is 5.90. The summed E-state index contributed by atoms with van der Waals surface area (Å²) in [5, 5.41) is 3.01. The molecule has 0 spiro atoms. The van der Waals surface area contributed by atoms with E-state index in [9.17, 15) is 4.79 Å². The Hall–Kier alpha value is -1.61. The van der Waals surface area contributed by atoms with Crippen LogP contribution in [0.5, 0.6) is 0 Å². The normalized spacial score (nSPS) is 24.5. The summed E-state index contributed by atoms with van der Waals surface area (Å²) in [6, 6.07) is 10.7. The third-order valence-corrected chi connectivity index (χ3v) is 3.30. The Morgan fingerprint density at radius 2 is 2.18 bits per heavy atom. The molecule has 1 aromatic rings. The third-order valence-electron chi connectivity index (χ3n) is 3.30. The van der Waals surface area contributed by atoms with E-state index in [-0.39, 0.29) is 18.0 Å². The van der Waals surface area contributed by atoms with E-state index in [4.69, 9.17) is 0 Å². The summed E-state index contributed by atoms with van der Waals surface area (Å²) in [5.41, 5.74) is 1.25. The van der Waals surface area contributed by atoms with Gasteiger partial charge in [0.05, 0.1) is 12.1 Å². The van der Waals surface area contributed by atoms with Crippen molar-refractivity contribution < 1.29 is 4.79 Å². The van der Waals surface area contributed by atoms with Crippen molar-refractivity contribution in [2.45, 2.75) is 18.5 Å². The Bertz CT molecular complexity index is 402. The number of nitrogens with zero attached hydrogens (tertiary/aromatic N) is 1. The predicted molar refractivity (Wildman–Crippen MR) is 68.6 cm³/mol. The van der Waals surface area contributed by atoms with Crippen molar-refractivity contribution in [3.63, 3.8) is 0 Å². The molecule has 0 saturated carbocycles. The smallest absolute Gasteiger partial charge is 0.243 e. The van der Waals surface area contributed by atoms with Crippen molar-refractivity contribution in [2.75, 3.05) is 13.6 Å². The van der Waals surface area contributed by atoms with E-state index in [1.165, 1.54) is 11.6 Å². The number of benzene rings is 1. The van der Waals surface area contributed by atoms with Gasteiger partial charge in [0, 0.05) is 6.54 Å². The molecule has 2 rings (SSSR count). The molecule has 1 fully saturated rings. The van der Waals surface area contributed by atoms with Crippen LogP contribution in [0.3, 0.4) is 0 Å². The van der Waals surface area contributed by atoms with Crippen molar-refractivity contribution in [1.82, 2.24) is 10.2 Å². The van der Waals surface area contributed by atoms with Crippen molar-refractivity contribution in [1.29, 1.82) is 0 Å². The molecule has 2 atom stereocenters. The Morgan fingerprint density at radius 3 is 2.82 bits per heavy atom. The molecule has 3 heteroatoms. The summed E-state index contributed by atoms with van der Waals surface area (Å²) >= 11 is 0. The number of hydrogen-bond donors (Lipinski definition) is 1. The van der Waals surface area contributed by atoms with E-state index in [2.05, 4.69) is 36.0 Å². The molecule has 1 N–H and O–H groups in total. The highest BCUT2D eigenvalue weighted by Gasteiger charge is 2.33. The summed E-state index contributed by atoms with van der Waals surface area (Å²) in [5.74, 6) is -0.0915. The molecular formula is C14H18N2O. The van der Waals surface area contributed by atoms with Gasteiger partial charge < -0.3 is 5.32 Å². The maximum atomic E-state index is 11.4. The summed E-state index contributed by atoms with van der Waals surface area (Å²) < 4.78 is 0. The minimum atomic E-state index is -0.0915. The molecule has 1 heterocycles. The van der Waals surface area contributed by atoms with E-state index in [0.717, 1.165) is 13.0 Å². The highest BCUT2D eigenvalue weighted by atomic mass is 16.1. The zero-order valence-corrected chi connectivity index (χ0v) is 10.1. The summed E-state index contributed by atoms with van der Waals surface area (Å²) in [7, 11) is 2.09. The molecule has 90 valence electrons. The highest BCUT2D eigenvalue weighted by molar-refractivity contribution is 5.87. The zero-order valence-electron chi connectivity index (χ0n) is 10.1. The molecule has 0 unspecified atom stereocenters. The fourth-order valence-corrected chi connectivity index (χ4v) is 2.48. The second-order valence-electron chi connectivity index (χ2n) is 4.44. The first kappa shape index (κ1) is 11.9. The zero-order chi connectivity index (χ0) is 12.3. The van der Waals surface area contributed by atoms with E-state index in [1.54, 1.807) is 0 Å². The van der Waals surface area contributed by atoms with Crippen LogP contribution in [0.25, 0.3) is 0 Å². The van der Waals surface area contributed by atoms with Gasteiger partial charge in [-0.25, -0.2) is 0 Å². The number of nitrogens with one attached hydrogen (secondary N) is 1. The Kier molecular flexibility index (Phi) is 3.59. The lowest BCUT2D eigenvalue weighted by Gasteiger charge is -2.25. The SMILES string of the molecule is C=CC(=O)N[C@@H]1CCN(C)[C@H]1c1ccccc1. The van der Waals surface area contributed by atoms with Crippen LogP contribution in [0.4, 0.5) is 0 Å². The molecule has 0 bridgehead atoms. The first-order chi connectivity index (χ1) is 8.22. The van der Waals surface area contributed by atoms with Gasteiger partial charge in [0.25, 0.3) is 0 Å². The molecule has 3 nitrogen and oxygen atoms in total. The quantitative estimate of drug-likeness (QED) is 0.802. The van der Waals surface area contributed by atoms with Crippen LogP contribution in [-0.2, 0) is 4.79 Å². The van der Waals surface area contributed by atoms with Gasteiger partial charge in [0.15, 0.2) is 0 Å². The van der Waals surface area contributed by atoms with Crippen LogP contribution in [0.1, 0.15) is 18.0 Å². The monoisotopic (exact) mass is 230 g/mol. The standard InChI is InChI=1S/C14H18N2O/c1-3-13(17)15-12-9-10-16(2)14(12)11-7-5-4-6-8-11/h3-8,12,14H,1,9-10H2,2H3,(H,15,17)/t12-,14+/m1/s1. The van der Waals surface area contributed by atoms with Gasteiger partial charge in [-0.2, -0.15) is 0 Å². The second-order valence-corrected chi connectivity index (χ2v) is 4.44. The van der Waals surface area contributed by atoms with Crippen molar-refractivity contribution in [3.8, 4) is 0 Å². The minimum Gasteiger partial charge on any atom is -0.348 e. The van der Waals surface area contributed by atoms with Crippen LogP contribution in [0, 0.1) is 0 Å². The van der Waals surface area contributed by atoms with E-state index < -0.39 is 0 Å². The number of carbonyl (C=O) groups excluding carboxylic acids is 1. The van der Waals surface area contributed by atoms with Crippen LogP contribution in [0.15, 0.2) is 43.0 Å². The number of amides is 1. The van der Waals surface area contributed by atoms with Gasteiger partial charge in [-0.15, -0.1) is 0 Å². The second kappa shape index (κ2) is 5.15. The molecule has 0 aliphatic carbocycles. The fraction of sp³-hybridized carbons (Fsp3) is 0.357. The minimum absolute atomic E-state index is 0.0915. The Labute approximate surface area is 102 Å². The lowest BCUT2D eigenvalue weighted by atomic mass is 10.0. The predicted octanol–water partition coefficient (Wildman–Crippen LogP) is 1.73. The molecule has 1 saturated heterocycles. The maximum Gasteiger partial charge on any atom is 0.243 e. The average Bonchev–Trinajstić information content (AvgIpc) is 2.71. The molecule has 1 aliphatic heterocycles. The number of hydrogen-bond acceptors (Lipinski definition) is 2. The number of rotatable bonds is 3. The fourth-order valence-electron chi connectivity index (χ4n) is 2.48. The summed E-state index contributed by atoms with van der Waals surface area (Å²) in [6.07, 6.45) is 2.32. The van der Waals surface area contributed by atoms with Crippen LogP contribution in [0.2, 0.25) is 0 Å². The first-order valence-electron chi connectivity index (χ1n) is 5.90. The van der Waals surface area contributed by atoms with Crippen LogP contribution in [-0.4, -0.2) is 30.4 Å². The number of likely N-dealkylation sites (N-methyl/N-ethyl adjacent to an activating group) is 1. The van der Waals surface area contributed by atoms with Crippen LogP contribution >= 0.6 is 0 Å². The van der Waals surface area contributed by atoms with Gasteiger partial charge in [-0.1, -0.05) is 36.9 Å². The topological polar surface area (TPSA) is 32.3 Å². The molecular weight excluding hydrogens is 212 g/mol.